The fraction of sp³-hybridized carbons (Fsp3) is 0.350. The Morgan fingerprint density at radius 1 is 1.23 bits per heavy atom. The molecule has 3 aromatic rings. The molecule has 0 spiro atoms. The Morgan fingerprint density at radius 2 is 1.97 bits per heavy atom. The van der Waals surface area contributed by atoms with Gasteiger partial charge in [0.2, 0.25) is 5.91 Å². The fourth-order valence-corrected chi connectivity index (χ4v) is 3.83. The summed E-state index contributed by atoms with van der Waals surface area (Å²) in [5, 5.41) is 11.1. The lowest BCUT2D eigenvalue weighted by Gasteiger charge is -2.11. The third-order valence-electron chi connectivity index (χ3n) is 4.77. The van der Waals surface area contributed by atoms with Gasteiger partial charge in [-0.1, -0.05) is 6.92 Å². The van der Waals surface area contributed by atoms with Crippen molar-refractivity contribution < 1.29 is 18.0 Å². The zero-order chi connectivity index (χ0) is 22.2. The highest BCUT2D eigenvalue weighted by Crippen LogP contribution is 2.35. The molecule has 1 aliphatic rings. The SMILES string of the molecule is CCSc1cc(NC(=O)C2CC2)cnc1-c1nnc(-c2cc(C(F)(F)F)ccn2)n1C. The molecule has 0 aliphatic heterocycles. The second-order valence-corrected chi connectivity index (χ2v) is 8.41. The average Bonchev–Trinajstić information content (AvgIpc) is 3.51. The van der Waals surface area contributed by atoms with E-state index in [-0.39, 0.29) is 23.3 Å². The number of hydrogen-bond acceptors (Lipinski definition) is 6. The van der Waals surface area contributed by atoms with Gasteiger partial charge in [0, 0.05) is 24.1 Å². The molecular formula is C20H19F3N6OS. The normalized spacial score (nSPS) is 14.0. The molecule has 4 rings (SSSR count). The van der Waals surface area contributed by atoms with Crippen LogP contribution in [0.2, 0.25) is 0 Å². The molecule has 0 aromatic carbocycles. The minimum absolute atomic E-state index is 0.0152. The van der Waals surface area contributed by atoms with Crippen LogP contribution in [0, 0.1) is 5.92 Å². The summed E-state index contributed by atoms with van der Waals surface area (Å²) in [6.45, 7) is 1.98. The Bertz CT molecular complexity index is 1130. The maximum Gasteiger partial charge on any atom is 0.416 e. The van der Waals surface area contributed by atoms with Gasteiger partial charge in [-0.15, -0.1) is 22.0 Å². The smallest absolute Gasteiger partial charge is 0.324 e. The number of amides is 1. The molecule has 1 fully saturated rings. The summed E-state index contributed by atoms with van der Waals surface area (Å²) in [6.07, 6.45) is -0.0303. The van der Waals surface area contributed by atoms with Gasteiger partial charge in [0.05, 0.1) is 17.4 Å². The van der Waals surface area contributed by atoms with E-state index in [4.69, 9.17) is 0 Å². The second-order valence-electron chi connectivity index (χ2n) is 7.10. The van der Waals surface area contributed by atoms with E-state index < -0.39 is 11.7 Å². The van der Waals surface area contributed by atoms with E-state index in [1.54, 1.807) is 17.8 Å². The van der Waals surface area contributed by atoms with E-state index in [0.29, 0.717) is 17.2 Å². The molecular weight excluding hydrogens is 429 g/mol. The van der Waals surface area contributed by atoms with Crippen LogP contribution in [0.15, 0.2) is 35.5 Å². The first kappa shape index (κ1) is 21.3. The fourth-order valence-electron chi connectivity index (χ4n) is 3.02. The molecule has 1 N–H and O–H groups in total. The Hall–Kier alpha value is -2.95. The lowest BCUT2D eigenvalue weighted by atomic mass is 10.2. The molecule has 3 heterocycles. The number of carbonyl (C=O) groups is 1. The predicted octanol–water partition coefficient (Wildman–Crippen LogP) is 4.42. The average molecular weight is 448 g/mol. The van der Waals surface area contributed by atoms with E-state index in [1.807, 2.05) is 13.0 Å². The molecule has 31 heavy (non-hydrogen) atoms. The molecule has 1 amide bonds. The molecule has 0 atom stereocenters. The molecule has 11 heteroatoms. The summed E-state index contributed by atoms with van der Waals surface area (Å²) in [6, 6.07) is 3.68. The third kappa shape index (κ3) is 4.55. The Labute approximate surface area is 180 Å². The van der Waals surface area contributed by atoms with Crippen LogP contribution < -0.4 is 5.32 Å². The van der Waals surface area contributed by atoms with Crippen molar-refractivity contribution >= 4 is 23.4 Å². The number of rotatable bonds is 6. The van der Waals surface area contributed by atoms with Crippen molar-refractivity contribution in [2.75, 3.05) is 11.1 Å². The van der Waals surface area contributed by atoms with Crippen molar-refractivity contribution in [1.29, 1.82) is 0 Å². The molecule has 0 radical (unpaired) electrons. The first-order chi connectivity index (χ1) is 14.8. The van der Waals surface area contributed by atoms with Crippen LogP contribution in [-0.4, -0.2) is 36.4 Å². The Kier molecular flexibility index (Phi) is 5.69. The van der Waals surface area contributed by atoms with Gasteiger partial charge in [0.15, 0.2) is 11.6 Å². The zero-order valence-electron chi connectivity index (χ0n) is 16.8. The highest BCUT2D eigenvalue weighted by Gasteiger charge is 2.32. The number of carbonyl (C=O) groups excluding carboxylic acids is 1. The lowest BCUT2D eigenvalue weighted by molar-refractivity contribution is -0.137. The van der Waals surface area contributed by atoms with Crippen LogP contribution in [0.4, 0.5) is 18.9 Å². The minimum Gasteiger partial charge on any atom is -0.324 e. The highest BCUT2D eigenvalue weighted by molar-refractivity contribution is 7.99. The van der Waals surface area contributed by atoms with Crippen molar-refractivity contribution in [2.24, 2.45) is 13.0 Å². The number of nitrogens with zero attached hydrogens (tertiary/aromatic N) is 5. The van der Waals surface area contributed by atoms with E-state index >= 15 is 0 Å². The van der Waals surface area contributed by atoms with Crippen LogP contribution >= 0.6 is 11.8 Å². The summed E-state index contributed by atoms with van der Waals surface area (Å²) < 4.78 is 40.7. The number of pyridine rings is 2. The summed E-state index contributed by atoms with van der Waals surface area (Å²) in [5.41, 5.74) is 0.385. The molecule has 7 nitrogen and oxygen atoms in total. The largest absolute Gasteiger partial charge is 0.416 e. The zero-order valence-corrected chi connectivity index (χ0v) is 17.6. The molecule has 3 aromatic heterocycles. The van der Waals surface area contributed by atoms with Gasteiger partial charge < -0.3 is 9.88 Å². The predicted molar refractivity (Wildman–Crippen MR) is 110 cm³/mol. The van der Waals surface area contributed by atoms with Crippen molar-refractivity contribution in [3.63, 3.8) is 0 Å². The van der Waals surface area contributed by atoms with E-state index in [1.165, 1.54) is 11.8 Å². The monoisotopic (exact) mass is 448 g/mol. The quantitative estimate of drug-likeness (QED) is 0.562. The summed E-state index contributed by atoms with van der Waals surface area (Å²) >= 11 is 1.52. The first-order valence-corrected chi connectivity index (χ1v) is 10.6. The number of nitrogens with one attached hydrogen (secondary N) is 1. The van der Waals surface area contributed by atoms with Crippen LogP contribution in [-0.2, 0) is 18.0 Å². The summed E-state index contributed by atoms with van der Waals surface area (Å²) in [7, 11) is 1.65. The van der Waals surface area contributed by atoms with Gasteiger partial charge in [-0.2, -0.15) is 13.2 Å². The number of alkyl halides is 3. The first-order valence-electron chi connectivity index (χ1n) is 9.65. The van der Waals surface area contributed by atoms with Gasteiger partial charge >= 0.3 is 6.18 Å². The molecule has 0 unspecified atom stereocenters. The third-order valence-corrected chi connectivity index (χ3v) is 5.68. The maximum absolute atomic E-state index is 13.1. The van der Waals surface area contributed by atoms with Crippen molar-refractivity contribution in [1.82, 2.24) is 24.7 Å². The van der Waals surface area contributed by atoms with Gasteiger partial charge in [-0.25, -0.2) is 4.98 Å². The van der Waals surface area contributed by atoms with E-state index in [0.717, 1.165) is 41.8 Å². The molecule has 162 valence electrons. The van der Waals surface area contributed by atoms with Crippen molar-refractivity contribution in [2.45, 2.75) is 30.8 Å². The van der Waals surface area contributed by atoms with Gasteiger partial charge in [-0.05, 0) is 36.8 Å². The van der Waals surface area contributed by atoms with Gasteiger partial charge in [0.25, 0.3) is 0 Å². The van der Waals surface area contributed by atoms with Gasteiger partial charge in [0.1, 0.15) is 11.4 Å². The highest BCUT2D eigenvalue weighted by atomic mass is 32.2. The minimum atomic E-state index is -4.48. The van der Waals surface area contributed by atoms with Crippen molar-refractivity contribution in [3.8, 4) is 23.0 Å². The van der Waals surface area contributed by atoms with Crippen LogP contribution in [0.25, 0.3) is 23.0 Å². The number of thioether (sulfide) groups is 1. The molecule has 1 aliphatic carbocycles. The molecule has 0 saturated heterocycles. The van der Waals surface area contributed by atoms with E-state index in [9.17, 15) is 18.0 Å². The lowest BCUT2D eigenvalue weighted by Crippen LogP contribution is -2.13. The van der Waals surface area contributed by atoms with Crippen molar-refractivity contribution in [3.05, 3.63) is 36.2 Å². The summed E-state index contributed by atoms with van der Waals surface area (Å²) in [5.74, 6) is 1.41. The topological polar surface area (TPSA) is 85.6 Å². The molecule has 1 saturated carbocycles. The second kappa shape index (κ2) is 8.29. The van der Waals surface area contributed by atoms with Crippen LogP contribution in [0.3, 0.4) is 0 Å². The Morgan fingerprint density at radius 3 is 2.65 bits per heavy atom. The van der Waals surface area contributed by atoms with Crippen LogP contribution in [0.1, 0.15) is 25.3 Å². The summed E-state index contributed by atoms with van der Waals surface area (Å²) in [4.78, 5) is 21.3. The van der Waals surface area contributed by atoms with Gasteiger partial charge in [-0.3, -0.25) is 9.78 Å². The number of halogens is 3. The maximum atomic E-state index is 13.1. The van der Waals surface area contributed by atoms with Crippen LogP contribution in [0.5, 0.6) is 0 Å². The van der Waals surface area contributed by atoms with E-state index in [2.05, 4.69) is 25.5 Å². The Balaban J connectivity index is 1.69. The number of anilines is 1. The number of hydrogen-bond donors (Lipinski definition) is 1. The molecule has 0 bridgehead atoms. The standard InChI is InChI=1S/C20H19F3N6OS/c1-3-31-15-9-13(26-19(30)11-4-5-11)10-25-16(15)18-28-27-17(29(18)2)14-8-12(6-7-24-14)20(21,22)23/h6-11H,3-5H2,1-2H3,(H,26,30). The number of aromatic nitrogens is 5.